The molecule has 0 aliphatic heterocycles. The van der Waals surface area contributed by atoms with Crippen molar-refractivity contribution in [2.24, 2.45) is 0 Å². The van der Waals surface area contributed by atoms with Gasteiger partial charge in [0.1, 0.15) is 20.1 Å². The van der Waals surface area contributed by atoms with Gasteiger partial charge >= 0.3 is 68.9 Å². The van der Waals surface area contributed by atoms with E-state index in [0.29, 0.717) is 0 Å². The van der Waals surface area contributed by atoms with Gasteiger partial charge in [0.05, 0.1) is 0 Å². The molecule has 0 aliphatic carbocycles. The van der Waals surface area contributed by atoms with Crippen LogP contribution in [0.3, 0.4) is 0 Å². The number of hydrogen-bond donors (Lipinski definition) is 0. The van der Waals surface area contributed by atoms with Crippen LogP contribution in [0.2, 0.25) is 0 Å². The molecule has 0 saturated carbocycles. The fraction of sp³-hybridized carbons (Fsp3) is 0. The topological polar surface area (TPSA) is 92.2 Å². The molecule has 0 heterocycles. The summed E-state index contributed by atoms with van der Waals surface area (Å²) in [5.41, 5.74) is 0. The van der Waals surface area contributed by atoms with Gasteiger partial charge in [-0.15, -0.1) is 0 Å². The normalized spacial score (nSPS) is 10.0. The van der Waals surface area contributed by atoms with Crippen LogP contribution in [0.4, 0.5) is 0 Å². The van der Waals surface area contributed by atoms with Crippen LogP contribution in [-0.2, 0) is 0 Å². The van der Waals surface area contributed by atoms with Gasteiger partial charge in [-0.25, -0.2) is 0 Å². The van der Waals surface area contributed by atoms with E-state index in [2.05, 4.69) is 0 Å². The molecule has 0 radical (unpaired) electrons. The molecule has 4 nitrogen and oxygen atoms in total. The van der Waals surface area contributed by atoms with Crippen molar-refractivity contribution in [3.05, 3.63) is 0 Å². The third kappa shape index (κ3) is 30.4. The zero-order valence-corrected chi connectivity index (χ0v) is 11.4. The van der Waals surface area contributed by atoms with Gasteiger partial charge in [-0.3, -0.25) is 13.7 Å². The fourth-order valence-electron chi connectivity index (χ4n) is 0. The van der Waals surface area contributed by atoms with Crippen molar-refractivity contribution < 1.29 is 103 Å². The third-order valence-corrected chi connectivity index (χ3v) is 0. The van der Waals surface area contributed by atoms with Crippen LogP contribution in [0.25, 0.3) is 0 Å². The summed E-state index contributed by atoms with van der Waals surface area (Å²) in [7, 11) is 0. The Kier molecular flexibility index (Phi) is 8.56. The SMILES string of the molecule is [Cs+].[O-][I+3]([O-])([O-])[O-]. The molecule has 0 atom stereocenters. The Morgan fingerprint density at radius 3 is 0.833 bits per heavy atom. The molecule has 0 aromatic rings. The summed E-state index contributed by atoms with van der Waals surface area (Å²) in [4.78, 5) is 0. The van der Waals surface area contributed by atoms with Crippen molar-refractivity contribution in [1.29, 1.82) is 0 Å². The standard InChI is InChI=1S/Cs.IO4/c;2-1(3,4)5/q+1;-1. The molecule has 0 rings (SSSR count). The van der Waals surface area contributed by atoms with E-state index in [9.17, 15) is 0 Å². The molecule has 0 spiro atoms. The minimum atomic E-state index is -5.94. The van der Waals surface area contributed by atoms with Crippen molar-refractivity contribution >= 4 is 0 Å². The molecular formula is CsIO4. The number of hydrogen-bond acceptors (Lipinski definition) is 4. The van der Waals surface area contributed by atoms with E-state index in [1.54, 1.807) is 0 Å². The second-order valence-corrected chi connectivity index (χ2v) is 2.54. The first-order chi connectivity index (χ1) is 2.00. The molecular weight excluding hydrogens is 324 g/mol. The van der Waals surface area contributed by atoms with Gasteiger partial charge in [-0.2, -0.15) is 0 Å². The van der Waals surface area contributed by atoms with Gasteiger partial charge in [0.25, 0.3) is 0 Å². The van der Waals surface area contributed by atoms with E-state index in [1.165, 1.54) is 0 Å². The second-order valence-electron chi connectivity index (χ2n) is 0.378. The first kappa shape index (κ1) is 11.4. The molecule has 0 unspecified atom stereocenters. The first-order valence-electron chi connectivity index (χ1n) is 0.617. The summed E-state index contributed by atoms with van der Waals surface area (Å²) < 4.78 is 34.5. The van der Waals surface area contributed by atoms with E-state index >= 15 is 0 Å². The Hall–Kier alpha value is 2.62. The quantitative estimate of drug-likeness (QED) is 0.414. The molecule has 6 heteroatoms. The van der Waals surface area contributed by atoms with Gasteiger partial charge in [0.15, 0.2) is 0 Å². The Morgan fingerprint density at radius 2 is 0.833 bits per heavy atom. The summed E-state index contributed by atoms with van der Waals surface area (Å²) in [6.45, 7) is 0. The Balaban J connectivity index is 0. The van der Waals surface area contributed by atoms with Gasteiger partial charge in [-0.1, -0.05) is 0 Å². The summed E-state index contributed by atoms with van der Waals surface area (Å²) in [6.07, 6.45) is 0. The zero-order valence-electron chi connectivity index (χ0n) is 3.01. The molecule has 0 amide bonds. The third-order valence-electron chi connectivity index (χ3n) is 0. The average molecular weight is 324 g/mol. The van der Waals surface area contributed by atoms with Crippen LogP contribution in [-0.4, -0.2) is 0 Å². The van der Waals surface area contributed by atoms with Crippen LogP contribution in [0.1, 0.15) is 0 Å². The largest absolute Gasteiger partial charge is 1.00 e. The second kappa shape index (κ2) is 4.50. The smallest absolute Gasteiger partial charge is 0.286 e. The molecule has 32 valence electrons. The average Bonchev–Trinajstić information content (AvgIpc) is 0.722. The van der Waals surface area contributed by atoms with Crippen molar-refractivity contribution in [2.75, 3.05) is 0 Å². The maximum Gasteiger partial charge on any atom is 1.00 e. The van der Waals surface area contributed by atoms with Gasteiger partial charge < -0.3 is 0 Å². The maximum absolute atomic E-state index is 8.62. The fourth-order valence-corrected chi connectivity index (χ4v) is 0. The predicted octanol–water partition coefficient (Wildman–Crippen LogP) is -10.7. The first-order valence-corrected chi connectivity index (χ1v) is 4.14. The van der Waals surface area contributed by atoms with Crippen LogP contribution in [0.5, 0.6) is 0 Å². The van der Waals surface area contributed by atoms with E-state index in [-0.39, 0.29) is 68.9 Å². The molecule has 0 aliphatic rings. The summed E-state index contributed by atoms with van der Waals surface area (Å²) in [5.74, 6) is 0. The van der Waals surface area contributed by atoms with Crippen LogP contribution < -0.4 is 103 Å². The van der Waals surface area contributed by atoms with E-state index in [1.807, 2.05) is 0 Å². The van der Waals surface area contributed by atoms with Crippen LogP contribution in [0, 0.1) is 0 Å². The number of halogens is 1. The van der Waals surface area contributed by atoms with Gasteiger partial charge in [0, 0.05) is 0 Å². The minimum Gasteiger partial charge on any atom is -0.286 e. The van der Waals surface area contributed by atoms with Crippen molar-refractivity contribution in [3.63, 3.8) is 0 Å². The summed E-state index contributed by atoms with van der Waals surface area (Å²) >= 11 is -5.94. The molecule has 0 fully saturated rings. The van der Waals surface area contributed by atoms with Crippen LogP contribution in [0.15, 0.2) is 0 Å². The molecule has 0 saturated heterocycles. The summed E-state index contributed by atoms with van der Waals surface area (Å²) in [5, 5.41) is 0. The van der Waals surface area contributed by atoms with E-state index in [0.717, 1.165) is 0 Å². The number of rotatable bonds is 0. The van der Waals surface area contributed by atoms with Crippen LogP contribution >= 0.6 is 0 Å². The van der Waals surface area contributed by atoms with E-state index in [4.69, 9.17) is 13.7 Å². The van der Waals surface area contributed by atoms with Crippen molar-refractivity contribution in [2.45, 2.75) is 0 Å². The Bertz CT molecular complexity index is 23.0. The van der Waals surface area contributed by atoms with Gasteiger partial charge in [-0.05, 0) is 0 Å². The molecule has 0 bridgehead atoms. The predicted molar refractivity (Wildman–Crippen MR) is 0 cm³/mol. The van der Waals surface area contributed by atoms with Gasteiger partial charge in [0.2, 0.25) is 0 Å². The molecule has 0 N–H and O–H groups in total. The molecule has 0 aromatic heterocycles. The van der Waals surface area contributed by atoms with Crippen molar-refractivity contribution in [3.8, 4) is 0 Å². The monoisotopic (exact) mass is 324 g/mol. The molecule has 6 heavy (non-hydrogen) atoms. The molecule has 0 aromatic carbocycles. The Labute approximate surface area is 99.7 Å². The minimum absolute atomic E-state index is 0. The van der Waals surface area contributed by atoms with E-state index < -0.39 is 20.1 Å². The zero-order chi connectivity index (χ0) is 4.50. The maximum atomic E-state index is 8.62. The summed E-state index contributed by atoms with van der Waals surface area (Å²) in [6, 6.07) is 0. The van der Waals surface area contributed by atoms with Crippen molar-refractivity contribution in [1.82, 2.24) is 0 Å². The Morgan fingerprint density at radius 1 is 0.833 bits per heavy atom.